The maximum Gasteiger partial charge on any atom is 0.163 e. The predicted octanol–water partition coefficient (Wildman–Crippen LogP) is 6.77. The molecule has 2 unspecified atom stereocenters. The van der Waals surface area contributed by atoms with Gasteiger partial charge in [0.05, 0.1) is 11.3 Å². The molecule has 1 heterocycles. The van der Waals surface area contributed by atoms with Crippen LogP contribution in [0.5, 0.6) is 5.75 Å². The van der Waals surface area contributed by atoms with Crippen LogP contribution in [0.2, 0.25) is 0 Å². The van der Waals surface area contributed by atoms with Gasteiger partial charge in [0.25, 0.3) is 0 Å². The van der Waals surface area contributed by atoms with Crippen molar-refractivity contribution in [3.8, 4) is 5.75 Å². The number of hydrogen-bond acceptors (Lipinski definition) is 5. The molecular formula is C33H41N3O2. The van der Waals surface area contributed by atoms with Crippen LogP contribution in [-0.4, -0.2) is 44.1 Å². The van der Waals surface area contributed by atoms with Crippen LogP contribution in [0.25, 0.3) is 0 Å². The Kier molecular flexibility index (Phi) is 11.4. The van der Waals surface area contributed by atoms with Gasteiger partial charge in [0, 0.05) is 32.3 Å². The number of allylic oxidation sites excluding steroid dienone is 3. The Labute approximate surface area is 228 Å². The summed E-state index contributed by atoms with van der Waals surface area (Å²) in [4.78, 5) is 19.0. The van der Waals surface area contributed by atoms with Crippen molar-refractivity contribution >= 4 is 12.0 Å². The summed E-state index contributed by atoms with van der Waals surface area (Å²) < 4.78 is 6.64. The predicted molar refractivity (Wildman–Crippen MR) is 158 cm³/mol. The summed E-state index contributed by atoms with van der Waals surface area (Å²) in [6.45, 7) is 7.55. The lowest BCUT2D eigenvalue weighted by Crippen LogP contribution is -2.23. The second-order valence-corrected chi connectivity index (χ2v) is 9.66. The third kappa shape index (κ3) is 8.17. The Morgan fingerprint density at radius 2 is 1.87 bits per heavy atom. The Morgan fingerprint density at radius 1 is 1.13 bits per heavy atom. The molecule has 0 bridgehead atoms. The fourth-order valence-corrected chi connectivity index (χ4v) is 4.41. The van der Waals surface area contributed by atoms with Gasteiger partial charge in [-0.2, -0.15) is 0 Å². The van der Waals surface area contributed by atoms with Crippen LogP contribution >= 0.6 is 0 Å². The van der Waals surface area contributed by atoms with Crippen LogP contribution in [0.1, 0.15) is 63.2 Å². The minimum atomic E-state index is -0.0268. The number of hydrogen-bond donors (Lipinski definition) is 1. The van der Waals surface area contributed by atoms with Crippen LogP contribution in [0.3, 0.4) is 0 Å². The molecule has 1 aliphatic rings. The largest absolute Gasteiger partial charge is 0.485 e. The molecule has 2 atom stereocenters. The quantitative estimate of drug-likeness (QED) is 0.284. The maximum absolute atomic E-state index is 12.4. The zero-order valence-electron chi connectivity index (χ0n) is 23.4. The summed E-state index contributed by atoms with van der Waals surface area (Å²) in [6.07, 6.45) is 10.2. The molecule has 5 heteroatoms. The van der Waals surface area contributed by atoms with Crippen molar-refractivity contribution in [1.29, 1.82) is 0 Å². The minimum Gasteiger partial charge on any atom is -0.485 e. The first-order valence-electron chi connectivity index (χ1n) is 13.5. The van der Waals surface area contributed by atoms with E-state index in [-0.39, 0.29) is 17.8 Å². The molecule has 0 aromatic heterocycles. The molecule has 0 fully saturated rings. The summed E-state index contributed by atoms with van der Waals surface area (Å²) >= 11 is 0. The van der Waals surface area contributed by atoms with E-state index in [0.29, 0.717) is 5.57 Å². The Bertz CT molecular complexity index is 1220. The normalized spacial score (nSPS) is 14.8. The van der Waals surface area contributed by atoms with Crippen molar-refractivity contribution in [3.05, 3.63) is 107 Å². The minimum absolute atomic E-state index is 0.00492. The van der Waals surface area contributed by atoms with Crippen LogP contribution in [-0.2, 0) is 4.79 Å². The van der Waals surface area contributed by atoms with E-state index in [1.54, 1.807) is 13.1 Å². The molecular weight excluding hydrogens is 470 g/mol. The molecule has 0 spiro atoms. The molecule has 200 valence electrons. The molecule has 0 saturated heterocycles. The molecule has 0 amide bonds. The molecule has 38 heavy (non-hydrogen) atoms. The van der Waals surface area contributed by atoms with Gasteiger partial charge < -0.3 is 15.0 Å². The van der Waals surface area contributed by atoms with Crippen molar-refractivity contribution in [2.75, 3.05) is 27.2 Å². The van der Waals surface area contributed by atoms with Crippen LogP contribution < -0.4 is 10.1 Å². The van der Waals surface area contributed by atoms with Crippen molar-refractivity contribution < 1.29 is 9.53 Å². The van der Waals surface area contributed by atoms with Gasteiger partial charge in [-0.1, -0.05) is 74.2 Å². The van der Waals surface area contributed by atoms with Gasteiger partial charge >= 0.3 is 0 Å². The molecule has 5 nitrogen and oxygen atoms in total. The van der Waals surface area contributed by atoms with Gasteiger partial charge in [-0.05, 0) is 62.5 Å². The van der Waals surface area contributed by atoms with E-state index in [2.05, 4.69) is 77.3 Å². The van der Waals surface area contributed by atoms with E-state index in [1.807, 2.05) is 44.5 Å². The molecule has 3 rings (SSSR count). The number of nitrogens with zero attached hydrogens (tertiary/aromatic N) is 2. The molecule has 2 aromatic rings. The number of rotatable bonds is 14. The van der Waals surface area contributed by atoms with E-state index >= 15 is 0 Å². The molecule has 1 aliphatic heterocycles. The number of likely N-dealkylation sites (N-methyl/N-ethyl adjacent to an activating group) is 1. The highest BCUT2D eigenvalue weighted by Crippen LogP contribution is 2.33. The van der Waals surface area contributed by atoms with Crippen molar-refractivity contribution in [2.24, 2.45) is 4.99 Å². The van der Waals surface area contributed by atoms with Crippen LogP contribution in [0.4, 0.5) is 0 Å². The third-order valence-electron chi connectivity index (χ3n) is 6.71. The van der Waals surface area contributed by atoms with Gasteiger partial charge in [-0.15, -0.1) is 0 Å². The summed E-state index contributed by atoms with van der Waals surface area (Å²) in [7, 11) is 3.99. The zero-order valence-corrected chi connectivity index (χ0v) is 23.4. The SMILES string of the molecule is CC/C=C/C1=C=CC(N(C)CCC(C)c2ccccc2OC(CCNC)c2ccccc2)=C(C(C)=O)C=N1. The molecule has 1 N–H and O–H groups in total. The van der Waals surface area contributed by atoms with Crippen LogP contribution in [0, 0.1) is 0 Å². The first-order chi connectivity index (χ1) is 18.4. The summed E-state index contributed by atoms with van der Waals surface area (Å²) in [6, 6.07) is 18.8. The highest BCUT2D eigenvalue weighted by Gasteiger charge is 2.19. The highest BCUT2D eigenvalue weighted by molar-refractivity contribution is 6.13. The van der Waals surface area contributed by atoms with Gasteiger partial charge in [-0.3, -0.25) is 4.79 Å². The second-order valence-electron chi connectivity index (χ2n) is 9.66. The maximum atomic E-state index is 12.4. The Morgan fingerprint density at radius 3 is 2.58 bits per heavy atom. The van der Waals surface area contributed by atoms with Gasteiger partial charge in [-0.25, -0.2) is 4.99 Å². The smallest absolute Gasteiger partial charge is 0.163 e. The first kappa shape index (κ1) is 28.9. The number of ketones is 1. The van der Waals surface area contributed by atoms with Crippen molar-refractivity contribution in [1.82, 2.24) is 10.2 Å². The average molecular weight is 512 g/mol. The van der Waals surface area contributed by atoms with Crippen LogP contribution in [0.15, 0.2) is 101 Å². The van der Waals surface area contributed by atoms with E-state index in [9.17, 15) is 4.79 Å². The molecule has 2 aromatic carbocycles. The van der Waals surface area contributed by atoms with E-state index in [0.717, 1.165) is 49.5 Å². The van der Waals surface area contributed by atoms with E-state index in [4.69, 9.17) is 4.74 Å². The lowest BCUT2D eigenvalue weighted by molar-refractivity contribution is -0.113. The Balaban J connectivity index is 1.77. The number of carbonyl (C=O) groups is 1. The van der Waals surface area contributed by atoms with E-state index in [1.165, 1.54) is 11.1 Å². The number of para-hydroxylation sites is 1. The first-order valence-corrected chi connectivity index (χ1v) is 13.5. The average Bonchev–Trinajstić information content (AvgIpc) is 3.16. The zero-order chi connectivity index (χ0) is 27.3. The van der Waals surface area contributed by atoms with Gasteiger partial charge in [0.15, 0.2) is 5.78 Å². The molecule has 0 aliphatic carbocycles. The number of benzene rings is 2. The number of carbonyl (C=O) groups excluding carboxylic acids is 1. The molecule has 0 radical (unpaired) electrons. The third-order valence-corrected chi connectivity index (χ3v) is 6.71. The van der Waals surface area contributed by atoms with Gasteiger partial charge in [0.1, 0.15) is 17.6 Å². The van der Waals surface area contributed by atoms with Crippen molar-refractivity contribution in [3.63, 3.8) is 0 Å². The topological polar surface area (TPSA) is 53.9 Å². The number of Topliss-reactive ketones (excluding diaryl/α,β-unsaturated/α-hetero) is 1. The highest BCUT2D eigenvalue weighted by atomic mass is 16.5. The summed E-state index contributed by atoms with van der Waals surface area (Å²) in [5, 5.41) is 3.25. The van der Waals surface area contributed by atoms with E-state index < -0.39 is 0 Å². The fraction of sp³-hybridized carbons (Fsp3) is 0.364. The standard InChI is InChI=1S/C33H41N3O2/c1-6-7-15-28-18-19-31(30(24-35-28)26(3)37)36(5)23-21-25(2)29-16-11-12-17-33(29)38-32(20-22-34-4)27-13-9-8-10-14-27/h7-17,19,24-25,32,34H,6,20-23H2,1-5H3/b15-7+. The number of aliphatic imine (C=N–C) groups is 1. The van der Waals surface area contributed by atoms with Crippen molar-refractivity contribution in [2.45, 2.75) is 52.1 Å². The Hall–Kier alpha value is -3.66. The molecule has 0 saturated carbocycles. The fourth-order valence-electron chi connectivity index (χ4n) is 4.41. The number of nitrogens with one attached hydrogen (secondary N) is 1. The second kappa shape index (κ2) is 14.9. The lowest BCUT2D eigenvalue weighted by atomic mass is 9.96. The summed E-state index contributed by atoms with van der Waals surface area (Å²) in [5.74, 6) is 1.18. The summed E-state index contributed by atoms with van der Waals surface area (Å²) in [5.41, 5.74) is 7.78. The monoisotopic (exact) mass is 511 g/mol. The number of ether oxygens (including phenoxy) is 1. The van der Waals surface area contributed by atoms with Gasteiger partial charge in [0.2, 0.25) is 0 Å². The lowest BCUT2D eigenvalue weighted by Gasteiger charge is -2.26.